The molecule has 0 unspecified atom stereocenters. The number of amides is 2. The maximum atomic E-state index is 12.5. The first kappa shape index (κ1) is 22.3. The number of carbonyl (C=O) groups is 3. The Balaban J connectivity index is 1.54. The van der Waals surface area contributed by atoms with Crippen molar-refractivity contribution in [3.63, 3.8) is 0 Å². The molecule has 0 spiro atoms. The molecule has 31 heavy (non-hydrogen) atoms. The lowest BCUT2D eigenvalue weighted by Crippen LogP contribution is -2.22. The van der Waals surface area contributed by atoms with Crippen molar-refractivity contribution < 1.29 is 28.6 Å². The topological polar surface area (TPSA) is 103 Å². The highest BCUT2D eigenvalue weighted by Crippen LogP contribution is 2.21. The van der Waals surface area contributed by atoms with E-state index in [1.165, 1.54) is 12.1 Å². The van der Waals surface area contributed by atoms with Crippen molar-refractivity contribution in [2.75, 3.05) is 30.5 Å². The normalized spacial score (nSPS) is 13.8. The van der Waals surface area contributed by atoms with Crippen LogP contribution in [0, 0.1) is 5.92 Å². The lowest BCUT2D eigenvalue weighted by molar-refractivity contribution is -0.117. The minimum absolute atomic E-state index is 0.0486. The average molecular weight is 426 g/mol. The smallest absolute Gasteiger partial charge is 0.434 e. The Labute approximate surface area is 180 Å². The predicted molar refractivity (Wildman–Crippen MR) is 115 cm³/mol. The van der Waals surface area contributed by atoms with E-state index in [2.05, 4.69) is 10.6 Å². The molecule has 1 aliphatic rings. The van der Waals surface area contributed by atoms with Gasteiger partial charge in [-0.15, -0.1) is 0 Å². The molecule has 0 radical (unpaired) electrons. The number of carbonyl (C=O) groups excluding carboxylic acids is 3. The molecule has 1 saturated heterocycles. The van der Waals surface area contributed by atoms with E-state index in [1.807, 2.05) is 0 Å². The van der Waals surface area contributed by atoms with Gasteiger partial charge in [-0.1, -0.05) is 6.07 Å². The minimum atomic E-state index is -0.796. The molecular formula is C23H26N2O6. The summed E-state index contributed by atoms with van der Waals surface area (Å²) in [7, 11) is 0. The first-order chi connectivity index (χ1) is 15.0. The highest BCUT2D eigenvalue weighted by Gasteiger charge is 2.17. The molecule has 164 valence electrons. The zero-order chi connectivity index (χ0) is 22.1. The van der Waals surface area contributed by atoms with E-state index in [-0.39, 0.29) is 24.2 Å². The monoisotopic (exact) mass is 426 g/mol. The van der Waals surface area contributed by atoms with Gasteiger partial charge in [0.05, 0.1) is 6.61 Å². The van der Waals surface area contributed by atoms with Gasteiger partial charge in [-0.05, 0) is 68.1 Å². The van der Waals surface area contributed by atoms with E-state index in [0.717, 1.165) is 12.8 Å². The van der Waals surface area contributed by atoms with Crippen LogP contribution in [0.2, 0.25) is 0 Å². The molecule has 1 aliphatic heterocycles. The van der Waals surface area contributed by atoms with Crippen molar-refractivity contribution in [3.05, 3.63) is 54.1 Å². The fourth-order valence-corrected chi connectivity index (χ4v) is 3.22. The minimum Gasteiger partial charge on any atom is -0.434 e. The molecule has 2 aromatic carbocycles. The van der Waals surface area contributed by atoms with E-state index in [0.29, 0.717) is 42.5 Å². The van der Waals surface area contributed by atoms with Gasteiger partial charge in [-0.3, -0.25) is 9.59 Å². The van der Waals surface area contributed by atoms with Crippen molar-refractivity contribution in [2.45, 2.75) is 26.2 Å². The van der Waals surface area contributed by atoms with Gasteiger partial charge >= 0.3 is 6.16 Å². The summed E-state index contributed by atoms with van der Waals surface area (Å²) in [5.41, 5.74) is 1.57. The number of nitrogens with one attached hydrogen (secondary N) is 2. The van der Waals surface area contributed by atoms with E-state index >= 15 is 0 Å². The highest BCUT2D eigenvalue weighted by atomic mass is 16.7. The third-order valence-corrected chi connectivity index (χ3v) is 4.80. The predicted octanol–water partition coefficient (Wildman–Crippen LogP) is 4.23. The Morgan fingerprint density at radius 2 is 1.68 bits per heavy atom. The summed E-state index contributed by atoms with van der Waals surface area (Å²) in [6.45, 7) is 3.31. The Hall–Kier alpha value is -3.39. The SMILES string of the molecule is CCOC(=O)Oc1ccc(C(=O)Nc2cccc(NC(=O)CC3CCOCC3)c2)cc1. The standard InChI is InChI=1S/C23H26N2O6/c1-2-30-23(28)31-20-8-6-17(7-9-20)22(27)25-19-5-3-4-18(15-19)24-21(26)14-16-10-12-29-13-11-16/h3-9,15-16H,2,10-14H2,1H3,(H,24,26)(H,25,27). The van der Waals surface area contributed by atoms with E-state index < -0.39 is 6.16 Å². The molecule has 0 atom stereocenters. The fourth-order valence-electron chi connectivity index (χ4n) is 3.22. The molecule has 1 fully saturated rings. The summed E-state index contributed by atoms with van der Waals surface area (Å²) in [6.07, 6.45) is 1.45. The van der Waals surface area contributed by atoms with Gasteiger partial charge < -0.3 is 24.8 Å². The molecular weight excluding hydrogens is 400 g/mol. The van der Waals surface area contributed by atoms with Crippen molar-refractivity contribution in [2.24, 2.45) is 5.92 Å². The van der Waals surface area contributed by atoms with Crippen LogP contribution in [0.25, 0.3) is 0 Å². The number of hydrogen-bond acceptors (Lipinski definition) is 6. The Morgan fingerprint density at radius 1 is 1.00 bits per heavy atom. The van der Waals surface area contributed by atoms with Crippen molar-refractivity contribution in [1.82, 2.24) is 0 Å². The summed E-state index contributed by atoms with van der Waals surface area (Å²) in [5, 5.41) is 5.68. The molecule has 3 rings (SSSR count). The van der Waals surface area contributed by atoms with Gasteiger partial charge in [0.15, 0.2) is 0 Å². The maximum absolute atomic E-state index is 12.5. The van der Waals surface area contributed by atoms with Crippen LogP contribution in [-0.2, 0) is 14.3 Å². The highest BCUT2D eigenvalue weighted by molar-refractivity contribution is 6.04. The molecule has 2 aromatic rings. The van der Waals surface area contributed by atoms with Crippen LogP contribution in [0.1, 0.15) is 36.5 Å². The molecule has 2 N–H and O–H groups in total. The van der Waals surface area contributed by atoms with Gasteiger partial charge in [0.1, 0.15) is 5.75 Å². The third-order valence-electron chi connectivity index (χ3n) is 4.80. The van der Waals surface area contributed by atoms with E-state index in [4.69, 9.17) is 14.2 Å². The number of ether oxygens (including phenoxy) is 3. The molecule has 1 heterocycles. The summed E-state index contributed by atoms with van der Waals surface area (Å²) in [4.78, 5) is 36.1. The fraction of sp³-hybridized carbons (Fsp3) is 0.348. The van der Waals surface area contributed by atoms with Crippen LogP contribution in [0.3, 0.4) is 0 Å². The molecule has 8 heteroatoms. The first-order valence-corrected chi connectivity index (χ1v) is 10.3. The lowest BCUT2D eigenvalue weighted by atomic mass is 9.96. The van der Waals surface area contributed by atoms with Crippen LogP contribution in [0.5, 0.6) is 5.75 Å². The zero-order valence-electron chi connectivity index (χ0n) is 17.4. The second-order valence-corrected chi connectivity index (χ2v) is 7.15. The summed E-state index contributed by atoms with van der Waals surface area (Å²) >= 11 is 0. The summed E-state index contributed by atoms with van der Waals surface area (Å²) < 4.78 is 15.0. The first-order valence-electron chi connectivity index (χ1n) is 10.3. The maximum Gasteiger partial charge on any atom is 0.513 e. The second-order valence-electron chi connectivity index (χ2n) is 7.15. The summed E-state index contributed by atoms with van der Waals surface area (Å²) in [5.74, 6) is 0.248. The number of hydrogen-bond donors (Lipinski definition) is 2. The lowest BCUT2D eigenvalue weighted by Gasteiger charge is -2.21. The average Bonchev–Trinajstić information content (AvgIpc) is 2.75. The van der Waals surface area contributed by atoms with Crippen LogP contribution >= 0.6 is 0 Å². The Bertz CT molecular complexity index is 907. The van der Waals surface area contributed by atoms with E-state index in [9.17, 15) is 14.4 Å². The van der Waals surface area contributed by atoms with Crippen LogP contribution in [-0.4, -0.2) is 37.8 Å². The molecule has 0 aliphatic carbocycles. The largest absolute Gasteiger partial charge is 0.513 e. The zero-order valence-corrected chi connectivity index (χ0v) is 17.4. The molecule has 0 saturated carbocycles. The molecule has 0 bridgehead atoms. The summed E-state index contributed by atoms with van der Waals surface area (Å²) in [6, 6.07) is 13.1. The van der Waals surface area contributed by atoms with Crippen molar-refractivity contribution in [1.29, 1.82) is 0 Å². The van der Waals surface area contributed by atoms with E-state index in [1.54, 1.807) is 43.3 Å². The molecule has 0 aromatic heterocycles. The Kier molecular flexibility index (Phi) is 8.00. The van der Waals surface area contributed by atoms with Crippen LogP contribution in [0.15, 0.2) is 48.5 Å². The van der Waals surface area contributed by atoms with Crippen molar-refractivity contribution >= 4 is 29.3 Å². The van der Waals surface area contributed by atoms with Crippen molar-refractivity contribution in [3.8, 4) is 5.75 Å². The van der Waals surface area contributed by atoms with Gasteiger partial charge in [0.2, 0.25) is 5.91 Å². The quantitative estimate of drug-likeness (QED) is 0.507. The molecule has 8 nitrogen and oxygen atoms in total. The van der Waals surface area contributed by atoms with Gasteiger partial charge in [-0.25, -0.2) is 4.79 Å². The van der Waals surface area contributed by atoms with Gasteiger partial charge in [0.25, 0.3) is 5.91 Å². The number of anilines is 2. The van der Waals surface area contributed by atoms with Gasteiger partial charge in [-0.2, -0.15) is 0 Å². The molecule has 2 amide bonds. The second kappa shape index (κ2) is 11.1. The van der Waals surface area contributed by atoms with Gasteiger partial charge in [0, 0.05) is 36.6 Å². The Morgan fingerprint density at radius 3 is 2.35 bits per heavy atom. The van der Waals surface area contributed by atoms with Crippen LogP contribution in [0.4, 0.5) is 16.2 Å². The third kappa shape index (κ3) is 7.11. The van der Waals surface area contributed by atoms with Crippen LogP contribution < -0.4 is 15.4 Å². The number of benzene rings is 2. The number of rotatable bonds is 7.